The van der Waals surface area contributed by atoms with Crippen LogP contribution >= 0.6 is 0 Å². The highest BCUT2D eigenvalue weighted by molar-refractivity contribution is 6.09. The fourth-order valence-corrected chi connectivity index (χ4v) is 9.07. The Morgan fingerprint density at radius 2 is 1.61 bits per heavy atom. The monoisotopic (exact) mass is 720 g/mol. The van der Waals surface area contributed by atoms with Gasteiger partial charge in [0.15, 0.2) is 0 Å². The summed E-state index contributed by atoms with van der Waals surface area (Å²) >= 11 is 0. The number of allylic oxidation sites excluding steroid dienone is 2. The van der Waals surface area contributed by atoms with Gasteiger partial charge in [0, 0.05) is 46.3 Å². The molecule has 1 aliphatic rings. The van der Waals surface area contributed by atoms with Crippen molar-refractivity contribution in [1.29, 1.82) is 0 Å². The molecule has 0 aliphatic heterocycles. The van der Waals surface area contributed by atoms with Crippen LogP contribution in [0.5, 0.6) is 11.5 Å². The third kappa shape index (κ3) is 7.39. The Morgan fingerprint density at radius 1 is 0.852 bits per heavy atom. The maximum Gasteiger partial charge on any atom is 0.137 e. The van der Waals surface area contributed by atoms with E-state index in [0.717, 1.165) is 66.1 Å². The lowest BCUT2D eigenvalue weighted by molar-refractivity contribution is 0.389. The van der Waals surface area contributed by atoms with Crippen LogP contribution in [0, 0.1) is 17.8 Å². The fourth-order valence-electron chi connectivity index (χ4n) is 9.07. The summed E-state index contributed by atoms with van der Waals surface area (Å²) in [5.41, 5.74) is 11.3. The molecular formula is C49H60N4O. The number of aromatic nitrogens is 4. The van der Waals surface area contributed by atoms with Gasteiger partial charge in [0.2, 0.25) is 0 Å². The average Bonchev–Trinajstić information content (AvgIpc) is 3.62. The minimum Gasteiger partial charge on any atom is -0.457 e. The van der Waals surface area contributed by atoms with Gasteiger partial charge in [-0.2, -0.15) is 5.10 Å². The SMILES string of the molecule is CCCc1nn(-c2cc(Oc3ccc4c5ccccc5n(-c5cc(CC(C)C)ccn5)c4c3)cc(C(C)(C)C)c2)c(CCC)c1C1C(C)=C[C@H](C)C[C@@H]1C. The lowest BCUT2D eigenvalue weighted by Gasteiger charge is -2.33. The Bertz CT molecular complexity index is 2310. The number of aryl methyl sites for hydroxylation is 1. The first kappa shape index (κ1) is 37.7. The van der Waals surface area contributed by atoms with Crippen molar-refractivity contribution in [2.24, 2.45) is 17.8 Å². The molecule has 0 radical (unpaired) electrons. The number of para-hydroxylation sites is 1. The van der Waals surface area contributed by atoms with Crippen molar-refractivity contribution in [3.8, 4) is 23.0 Å². The summed E-state index contributed by atoms with van der Waals surface area (Å²) in [5.74, 6) is 4.72. The van der Waals surface area contributed by atoms with E-state index in [2.05, 4.69) is 157 Å². The number of hydrogen-bond donors (Lipinski definition) is 0. The van der Waals surface area contributed by atoms with Crippen molar-refractivity contribution < 1.29 is 4.74 Å². The molecule has 5 nitrogen and oxygen atoms in total. The van der Waals surface area contributed by atoms with Gasteiger partial charge in [-0.1, -0.05) is 105 Å². The quantitative estimate of drug-likeness (QED) is 0.125. The van der Waals surface area contributed by atoms with Crippen molar-refractivity contribution in [2.45, 2.75) is 119 Å². The predicted molar refractivity (Wildman–Crippen MR) is 227 cm³/mol. The molecule has 0 saturated heterocycles. The van der Waals surface area contributed by atoms with Gasteiger partial charge in [0.1, 0.15) is 17.3 Å². The second kappa shape index (κ2) is 15.2. The molecule has 0 amide bonds. The van der Waals surface area contributed by atoms with E-state index in [0.29, 0.717) is 23.7 Å². The third-order valence-corrected chi connectivity index (χ3v) is 11.3. The Balaban J connectivity index is 1.36. The third-order valence-electron chi connectivity index (χ3n) is 11.3. The topological polar surface area (TPSA) is 44.9 Å². The number of nitrogens with zero attached hydrogens (tertiary/aromatic N) is 4. The maximum absolute atomic E-state index is 6.91. The number of fused-ring (bicyclic) bond motifs is 3. The van der Waals surface area contributed by atoms with E-state index >= 15 is 0 Å². The van der Waals surface area contributed by atoms with Crippen LogP contribution in [0.3, 0.4) is 0 Å². The van der Waals surface area contributed by atoms with Crippen LogP contribution < -0.4 is 4.74 Å². The van der Waals surface area contributed by atoms with E-state index in [4.69, 9.17) is 14.8 Å². The molecule has 1 aliphatic carbocycles. The molecule has 0 N–H and O–H groups in total. The van der Waals surface area contributed by atoms with Crippen LogP contribution in [0.1, 0.15) is 122 Å². The van der Waals surface area contributed by atoms with E-state index in [1.807, 2.05) is 6.20 Å². The highest BCUT2D eigenvalue weighted by atomic mass is 16.5. The van der Waals surface area contributed by atoms with Gasteiger partial charge >= 0.3 is 0 Å². The first-order valence-electron chi connectivity index (χ1n) is 20.5. The molecule has 6 aromatic rings. The zero-order chi connectivity index (χ0) is 38.3. The van der Waals surface area contributed by atoms with Gasteiger partial charge < -0.3 is 4.74 Å². The number of ether oxygens (including phenoxy) is 1. The van der Waals surface area contributed by atoms with E-state index in [1.165, 1.54) is 50.8 Å². The van der Waals surface area contributed by atoms with Crippen LogP contribution in [-0.4, -0.2) is 19.3 Å². The summed E-state index contributed by atoms with van der Waals surface area (Å²) < 4.78 is 11.5. The number of hydrogen-bond acceptors (Lipinski definition) is 3. The second-order valence-electron chi connectivity index (χ2n) is 17.5. The molecule has 0 bridgehead atoms. The molecule has 0 saturated carbocycles. The lowest BCUT2D eigenvalue weighted by Crippen LogP contribution is -2.21. The molecule has 5 heteroatoms. The molecule has 3 atom stereocenters. The van der Waals surface area contributed by atoms with E-state index < -0.39 is 0 Å². The van der Waals surface area contributed by atoms with Crippen molar-refractivity contribution in [2.75, 3.05) is 0 Å². The number of pyridine rings is 1. The number of benzene rings is 3. The Labute approximate surface area is 323 Å². The van der Waals surface area contributed by atoms with Gasteiger partial charge in [-0.3, -0.25) is 4.57 Å². The minimum absolute atomic E-state index is 0.0856. The second-order valence-corrected chi connectivity index (χ2v) is 17.5. The average molecular weight is 721 g/mol. The smallest absolute Gasteiger partial charge is 0.137 e. The zero-order valence-electron chi connectivity index (χ0n) is 34.3. The molecular weight excluding hydrogens is 661 g/mol. The first-order chi connectivity index (χ1) is 25.9. The van der Waals surface area contributed by atoms with Crippen molar-refractivity contribution in [3.05, 3.63) is 119 Å². The molecule has 0 fully saturated rings. The lowest BCUT2D eigenvalue weighted by atomic mass is 9.72. The van der Waals surface area contributed by atoms with Crippen LogP contribution in [0.25, 0.3) is 33.3 Å². The zero-order valence-corrected chi connectivity index (χ0v) is 34.3. The Morgan fingerprint density at radius 3 is 2.33 bits per heavy atom. The normalized spacial score (nSPS) is 17.8. The molecule has 54 heavy (non-hydrogen) atoms. The molecule has 3 heterocycles. The van der Waals surface area contributed by atoms with Crippen LogP contribution in [0.2, 0.25) is 0 Å². The van der Waals surface area contributed by atoms with E-state index in [1.54, 1.807) is 0 Å². The number of rotatable bonds is 11. The highest BCUT2D eigenvalue weighted by Gasteiger charge is 2.33. The molecule has 3 aromatic carbocycles. The van der Waals surface area contributed by atoms with Crippen molar-refractivity contribution in [3.63, 3.8) is 0 Å². The molecule has 1 unspecified atom stereocenters. The summed E-state index contributed by atoms with van der Waals surface area (Å²) in [6.07, 6.45) is 10.8. The summed E-state index contributed by atoms with van der Waals surface area (Å²) in [6, 6.07) is 26.3. The largest absolute Gasteiger partial charge is 0.457 e. The summed E-state index contributed by atoms with van der Waals surface area (Å²) in [6.45, 7) is 23.1. The Kier molecular flexibility index (Phi) is 10.6. The van der Waals surface area contributed by atoms with Crippen LogP contribution in [-0.2, 0) is 24.7 Å². The predicted octanol–water partition coefficient (Wildman–Crippen LogP) is 13.3. The van der Waals surface area contributed by atoms with E-state index in [9.17, 15) is 0 Å². The minimum atomic E-state index is -0.0856. The summed E-state index contributed by atoms with van der Waals surface area (Å²) in [5, 5.41) is 7.88. The Hall–Kier alpha value is -4.64. The summed E-state index contributed by atoms with van der Waals surface area (Å²) in [7, 11) is 0. The van der Waals surface area contributed by atoms with Gasteiger partial charge in [-0.05, 0) is 109 Å². The standard InChI is InChI=1S/C49H60N4O/c1-11-15-42-48(47-33(6)24-32(5)25-34(47)7)44(16-12-2)53(51-42)37-27-36(49(8,9)10)28-39(29-37)54-38-19-20-41-40-17-13-14-18-43(40)52(45(41)30-38)46-26-35(21-22-50-46)23-31(3)4/h13-14,17-22,24,26-32,34,47H,11-12,15-16,23,25H2,1-10H3/t32-,34-,47?/m0/s1. The van der Waals surface area contributed by atoms with Crippen molar-refractivity contribution >= 4 is 21.8 Å². The first-order valence-corrected chi connectivity index (χ1v) is 20.5. The van der Waals surface area contributed by atoms with Gasteiger partial charge in [0.05, 0.1) is 22.4 Å². The van der Waals surface area contributed by atoms with Crippen molar-refractivity contribution in [1.82, 2.24) is 19.3 Å². The van der Waals surface area contributed by atoms with Crippen LogP contribution in [0.4, 0.5) is 0 Å². The highest BCUT2D eigenvalue weighted by Crippen LogP contribution is 2.44. The molecule has 3 aromatic heterocycles. The molecule has 282 valence electrons. The molecule has 7 rings (SSSR count). The van der Waals surface area contributed by atoms with Crippen LogP contribution in [0.15, 0.2) is 90.6 Å². The van der Waals surface area contributed by atoms with Gasteiger partial charge in [0.25, 0.3) is 0 Å². The van der Waals surface area contributed by atoms with Gasteiger partial charge in [-0.25, -0.2) is 9.67 Å². The van der Waals surface area contributed by atoms with E-state index in [-0.39, 0.29) is 5.41 Å². The summed E-state index contributed by atoms with van der Waals surface area (Å²) in [4.78, 5) is 4.89. The van der Waals surface area contributed by atoms with Gasteiger partial charge in [-0.15, -0.1) is 0 Å². The fraction of sp³-hybridized carbons (Fsp3) is 0.429. The maximum atomic E-state index is 6.91. The molecule has 0 spiro atoms.